The van der Waals surface area contributed by atoms with Gasteiger partial charge in [-0.1, -0.05) is 37.1 Å². The van der Waals surface area contributed by atoms with Crippen LogP contribution in [0.5, 0.6) is 0 Å². The van der Waals surface area contributed by atoms with Gasteiger partial charge in [-0.15, -0.1) is 10.2 Å². The molecule has 1 N–H and O–H groups in total. The molecule has 0 spiro atoms. The Labute approximate surface area is 181 Å². The number of hydrogen-bond acceptors (Lipinski definition) is 5. The molecular weight excluding hydrogens is 394 g/mol. The van der Waals surface area contributed by atoms with Crippen molar-refractivity contribution in [3.05, 3.63) is 53.9 Å². The number of rotatable bonds is 6. The lowest BCUT2D eigenvalue weighted by Gasteiger charge is -2.22. The quantitative estimate of drug-likeness (QED) is 0.594. The first kappa shape index (κ1) is 20.6. The van der Waals surface area contributed by atoms with E-state index in [-0.39, 0.29) is 5.91 Å². The molecule has 4 rings (SSSR count). The van der Waals surface area contributed by atoms with E-state index in [2.05, 4.69) is 52.5 Å². The largest absolute Gasteiger partial charge is 0.353 e. The molecule has 0 aliphatic heterocycles. The lowest BCUT2D eigenvalue weighted by atomic mass is 9.95. The minimum atomic E-state index is 0.0620. The second-order valence-electron chi connectivity index (χ2n) is 7.84. The lowest BCUT2D eigenvalue weighted by molar-refractivity contribution is -0.119. The fourth-order valence-corrected chi connectivity index (χ4v) is 4.56. The summed E-state index contributed by atoms with van der Waals surface area (Å²) in [7, 11) is 0. The highest BCUT2D eigenvalue weighted by atomic mass is 32.2. The van der Waals surface area contributed by atoms with Crippen LogP contribution in [0.2, 0.25) is 0 Å². The summed E-state index contributed by atoms with van der Waals surface area (Å²) in [6.45, 7) is 4.19. The maximum Gasteiger partial charge on any atom is 0.230 e. The molecular formula is C23H27N5OS. The minimum Gasteiger partial charge on any atom is -0.353 e. The normalized spacial score (nSPS) is 14.6. The molecule has 1 aliphatic carbocycles. The van der Waals surface area contributed by atoms with Gasteiger partial charge in [0, 0.05) is 24.0 Å². The molecule has 3 aromatic rings. The predicted octanol–water partition coefficient (Wildman–Crippen LogP) is 4.49. The molecule has 1 amide bonds. The zero-order chi connectivity index (χ0) is 20.9. The highest BCUT2D eigenvalue weighted by Gasteiger charge is 2.19. The van der Waals surface area contributed by atoms with Crippen LogP contribution in [0.25, 0.3) is 17.1 Å². The van der Waals surface area contributed by atoms with E-state index in [0.717, 1.165) is 29.9 Å². The molecule has 7 heteroatoms. The van der Waals surface area contributed by atoms with Crippen molar-refractivity contribution in [2.75, 3.05) is 5.75 Å². The summed E-state index contributed by atoms with van der Waals surface area (Å²) in [6, 6.07) is 10.5. The Bertz CT molecular complexity index is 1010. The standard InChI is InChI=1S/C23H27N5OS/c1-16-8-9-20(14-17(16)2)28-22(18-10-12-24-13-11-18)26-27-23(28)30-15-21(29)25-19-6-4-3-5-7-19/h8-14,19H,3-7,15H2,1-2H3,(H,25,29). The molecule has 6 nitrogen and oxygen atoms in total. The van der Waals surface area contributed by atoms with Crippen LogP contribution in [0.4, 0.5) is 0 Å². The van der Waals surface area contributed by atoms with Crippen molar-refractivity contribution >= 4 is 17.7 Å². The third-order valence-electron chi connectivity index (χ3n) is 5.62. The Morgan fingerprint density at radius 2 is 1.83 bits per heavy atom. The Morgan fingerprint density at radius 1 is 1.07 bits per heavy atom. The van der Waals surface area contributed by atoms with E-state index in [4.69, 9.17) is 0 Å². The molecule has 0 atom stereocenters. The van der Waals surface area contributed by atoms with Crippen LogP contribution in [0.3, 0.4) is 0 Å². The van der Waals surface area contributed by atoms with Gasteiger partial charge in [-0.25, -0.2) is 0 Å². The van der Waals surface area contributed by atoms with Gasteiger partial charge < -0.3 is 5.32 Å². The van der Waals surface area contributed by atoms with Gasteiger partial charge in [-0.3, -0.25) is 14.3 Å². The first-order valence-corrected chi connectivity index (χ1v) is 11.5. The fourth-order valence-electron chi connectivity index (χ4n) is 3.80. The van der Waals surface area contributed by atoms with E-state index >= 15 is 0 Å². The minimum absolute atomic E-state index is 0.0620. The fraction of sp³-hybridized carbons (Fsp3) is 0.391. The number of nitrogens with one attached hydrogen (secondary N) is 1. The Balaban J connectivity index is 1.58. The second kappa shape index (κ2) is 9.43. The highest BCUT2D eigenvalue weighted by Crippen LogP contribution is 2.28. The van der Waals surface area contributed by atoms with E-state index in [0.29, 0.717) is 17.0 Å². The van der Waals surface area contributed by atoms with Crippen molar-refractivity contribution in [2.45, 2.75) is 57.1 Å². The monoisotopic (exact) mass is 421 g/mol. The topological polar surface area (TPSA) is 72.7 Å². The van der Waals surface area contributed by atoms with Crippen molar-refractivity contribution in [3.63, 3.8) is 0 Å². The summed E-state index contributed by atoms with van der Waals surface area (Å²) in [4.78, 5) is 16.6. The molecule has 1 saturated carbocycles. The van der Waals surface area contributed by atoms with Gasteiger partial charge >= 0.3 is 0 Å². The van der Waals surface area contributed by atoms with Crippen molar-refractivity contribution in [2.24, 2.45) is 0 Å². The molecule has 0 radical (unpaired) electrons. The van der Waals surface area contributed by atoms with Crippen LogP contribution in [0.15, 0.2) is 47.9 Å². The van der Waals surface area contributed by atoms with Crippen LogP contribution >= 0.6 is 11.8 Å². The summed E-state index contributed by atoms with van der Waals surface area (Å²) in [5, 5.41) is 12.7. The molecule has 0 saturated heterocycles. The first-order valence-electron chi connectivity index (χ1n) is 10.5. The van der Waals surface area contributed by atoms with Crippen LogP contribution in [0, 0.1) is 13.8 Å². The lowest BCUT2D eigenvalue weighted by Crippen LogP contribution is -2.37. The number of carbonyl (C=O) groups excluding carboxylic acids is 1. The zero-order valence-corrected chi connectivity index (χ0v) is 18.3. The number of hydrogen-bond donors (Lipinski definition) is 1. The maximum absolute atomic E-state index is 12.5. The number of thioether (sulfide) groups is 1. The second-order valence-corrected chi connectivity index (χ2v) is 8.78. The molecule has 1 fully saturated rings. The van der Waals surface area contributed by atoms with Crippen LogP contribution in [0.1, 0.15) is 43.2 Å². The average molecular weight is 422 g/mol. The Hall–Kier alpha value is -2.67. The number of aryl methyl sites for hydroxylation is 2. The Kier molecular flexibility index (Phi) is 6.47. The van der Waals surface area contributed by atoms with E-state index < -0.39 is 0 Å². The molecule has 156 valence electrons. The summed E-state index contributed by atoms with van der Waals surface area (Å²) in [5.41, 5.74) is 4.37. The molecule has 0 unspecified atom stereocenters. The predicted molar refractivity (Wildman–Crippen MR) is 120 cm³/mol. The van der Waals surface area contributed by atoms with Crippen LogP contribution in [-0.2, 0) is 4.79 Å². The number of carbonyl (C=O) groups is 1. The van der Waals surface area contributed by atoms with Crippen LogP contribution in [-0.4, -0.2) is 37.5 Å². The van der Waals surface area contributed by atoms with E-state index in [1.165, 1.54) is 42.2 Å². The van der Waals surface area contributed by atoms with Gasteiger partial charge in [-0.2, -0.15) is 0 Å². The van der Waals surface area contributed by atoms with Gasteiger partial charge in [0.2, 0.25) is 5.91 Å². The SMILES string of the molecule is Cc1ccc(-n2c(SCC(=O)NC3CCCCC3)nnc2-c2ccncc2)cc1C. The third-order valence-corrected chi connectivity index (χ3v) is 6.55. The summed E-state index contributed by atoms with van der Waals surface area (Å²) in [5.74, 6) is 1.14. The Morgan fingerprint density at radius 3 is 2.57 bits per heavy atom. The van der Waals surface area contributed by atoms with Crippen molar-refractivity contribution in [1.29, 1.82) is 0 Å². The summed E-state index contributed by atoms with van der Waals surface area (Å²) in [6.07, 6.45) is 9.35. The van der Waals surface area contributed by atoms with Crippen molar-refractivity contribution < 1.29 is 4.79 Å². The average Bonchev–Trinajstić information content (AvgIpc) is 3.19. The molecule has 0 bridgehead atoms. The molecule has 2 heterocycles. The number of aromatic nitrogens is 4. The van der Waals surface area contributed by atoms with Crippen LogP contribution < -0.4 is 5.32 Å². The van der Waals surface area contributed by atoms with E-state index in [1.54, 1.807) is 12.4 Å². The number of amides is 1. The first-order chi connectivity index (χ1) is 14.6. The maximum atomic E-state index is 12.5. The molecule has 1 aliphatic rings. The van der Waals surface area contributed by atoms with Crippen molar-refractivity contribution in [3.8, 4) is 17.1 Å². The summed E-state index contributed by atoms with van der Waals surface area (Å²) >= 11 is 1.43. The number of benzene rings is 1. The van der Waals surface area contributed by atoms with Gasteiger partial charge in [0.05, 0.1) is 11.4 Å². The van der Waals surface area contributed by atoms with E-state index in [9.17, 15) is 4.79 Å². The zero-order valence-electron chi connectivity index (χ0n) is 17.5. The van der Waals surface area contributed by atoms with Crippen molar-refractivity contribution in [1.82, 2.24) is 25.1 Å². The third kappa shape index (κ3) is 4.73. The van der Waals surface area contributed by atoms with E-state index in [1.807, 2.05) is 16.7 Å². The molecule has 1 aromatic carbocycles. The number of nitrogens with zero attached hydrogens (tertiary/aromatic N) is 4. The molecule has 30 heavy (non-hydrogen) atoms. The summed E-state index contributed by atoms with van der Waals surface area (Å²) < 4.78 is 2.03. The number of pyridine rings is 1. The van der Waals surface area contributed by atoms with Gasteiger partial charge in [0.15, 0.2) is 11.0 Å². The van der Waals surface area contributed by atoms with Gasteiger partial charge in [-0.05, 0) is 62.1 Å². The van der Waals surface area contributed by atoms with Gasteiger partial charge in [0.25, 0.3) is 0 Å². The molecule has 2 aromatic heterocycles. The smallest absolute Gasteiger partial charge is 0.230 e. The highest BCUT2D eigenvalue weighted by molar-refractivity contribution is 7.99. The van der Waals surface area contributed by atoms with Gasteiger partial charge in [0.1, 0.15) is 0 Å².